The van der Waals surface area contributed by atoms with Crippen LogP contribution in [0.25, 0.3) is 0 Å². The van der Waals surface area contributed by atoms with Gasteiger partial charge in [-0.15, -0.1) is 0 Å². The second kappa shape index (κ2) is 6.07. The van der Waals surface area contributed by atoms with Crippen LogP contribution in [0.2, 0.25) is 0 Å². The van der Waals surface area contributed by atoms with Gasteiger partial charge in [0.1, 0.15) is 11.5 Å². The molecule has 0 spiro atoms. The zero-order valence-electron chi connectivity index (χ0n) is 9.03. The second-order valence-electron chi connectivity index (χ2n) is 3.10. The van der Waals surface area contributed by atoms with Crippen LogP contribution in [0.3, 0.4) is 0 Å². The van der Waals surface area contributed by atoms with Crippen molar-refractivity contribution in [2.24, 2.45) is 5.73 Å². The summed E-state index contributed by atoms with van der Waals surface area (Å²) in [6.45, 7) is 2.32. The summed E-state index contributed by atoms with van der Waals surface area (Å²) >= 11 is 4.83. The Morgan fingerprint density at radius 3 is 2.56 bits per heavy atom. The van der Waals surface area contributed by atoms with E-state index in [-0.39, 0.29) is 12.5 Å². The van der Waals surface area contributed by atoms with Crippen molar-refractivity contribution in [3.8, 4) is 0 Å². The normalized spacial score (nSPS) is 9.56. The van der Waals surface area contributed by atoms with E-state index < -0.39 is 0 Å². The number of thiocarbonyl (C=S) groups is 1. The number of hydrogen-bond donors (Lipinski definition) is 2. The Kier molecular flexibility index (Phi) is 4.72. The van der Waals surface area contributed by atoms with Crippen LogP contribution in [0, 0.1) is 0 Å². The number of carbonyl (C=O) groups excluding carboxylic acids is 1. The lowest BCUT2D eigenvalue weighted by molar-refractivity contribution is -0.140. The first-order valence-electron chi connectivity index (χ1n) is 4.93. The molecule has 0 saturated heterocycles. The van der Waals surface area contributed by atoms with Crippen LogP contribution in [0.5, 0.6) is 0 Å². The number of carbonyl (C=O) groups is 1. The smallest absolute Gasteiger partial charge is 0.325 e. The van der Waals surface area contributed by atoms with E-state index in [9.17, 15) is 4.79 Å². The molecule has 0 unspecified atom stereocenters. The summed E-state index contributed by atoms with van der Waals surface area (Å²) in [6.07, 6.45) is 0. The van der Waals surface area contributed by atoms with Gasteiger partial charge >= 0.3 is 5.97 Å². The van der Waals surface area contributed by atoms with Gasteiger partial charge in [0.2, 0.25) is 0 Å². The Morgan fingerprint density at radius 2 is 2.06 bits per heavy atom. The molecule has 0 radical (unpaired) electrons. The standard InChI is InChI=1S/C11H14N2O2S/c1-2-15-10(14)7-13-9-5-3-8(4-6-9)11(12)16/h3-6,13H,2,7H2,1H3,(H2,12,16). The highest BCUT2D eigenvalue weighted by atomic mass is 32.1. The molecule has 0 fully saturated rings. The van der Waals surface area contributed by atoms with Gasteiger partial charge in [-0.25, -0.2) is 0 Å². The maximum Gasteiger partial charge on any atom is 0.325 e. The molecule has 1 aromatic rings. The molecule has 0 aliphatic heterocycles. The molecule has 0 aromatic heterocycles. The molecule has 4 nitrogen and oxygen atoms in total. The van der Waals surface area contributed by atoms with Crippen LogP contribution < -0.4 is 11.1 Å². The largest absolute Gasteiger partial charge is 0.465 e. The number of benzene rings is 1. The highest BCUT2D eigenvalue weighted by Gasteiger charge is 2.01. The number of esters is 1. The fourth-order valence-electron chi connectivity index (χ4n) is 1.14. The lowest BCUT2D eigenvalue weighted by atomic mass is 10.2. The monoisotopic (exact) mass is 238 g/mol. The van der Waals surface area contributed by atoms with Gasteiger partial charge < -0.3 is 15.8 Å². The predicted octanol–water partition coefficient (Wildman–Crippen LogP) is 1.30. The van der Waals surface area contributed by atoms with Gasteiger partial charge in [-0.05, 0) is 31.2 Å². The minimum Gasteiger partial charge on any atom is -0.465 e. The number of nitrogens with two attached hydrogens (primary N) is 1. The lowest BCUT2D eigenvalue weighted by Crippen LogP contribution is -2.16. The van der Waals surface area contributed by atoms with Gasteiger partial charge in [0.15, 0.2) is 0 Å². The summed E-state index contributed by atoms with van der Waals surface area (Å²) in [4.78, 5) is 11.4. The Labute approximate surface area is 99.8 Å². The Balaban J connectivity index is 2.49. The van der Waals surface area contributed by atoms with Crippen LogP contribution in [0.4, 0.5) is 5.69 Å². The first-order chi connectivity index (χ1) is 7.63. The molecule has 0 atom stereocenters. The molecular formula is C11H14N2O2S. The molecule has 3 N–H and O–H groups in total. The maximum atomic E-state index is 11.1. The molecule has 0 amide bonds. The van der Waals surface area contributed by atoms with Crippen molar-refractivity contribution in [3.63, 3.8) is 0 Å². The molecule has 86 valence electrons. The van der Waals surface area contributed by atoms with Crippen molar-refractivity contribution < 1.29 is 9.53 Å². The molecule has 0 aliphatic carbocycles. The minimum atomic E-state index is -0.277. The Hall–Kier alpha value is -1.62. The van der Waals surface area contributed by atoms with Gasteiger partial charge in [-0.2, -0.15) is 0 Å². The molecule has 5 heteroatoms. The fourth-order valence-corrected chi connectivity index (χ4v) is 1.27. The van der Waals surface area contributed by atoms with Gasteiger partial charge in [-0.1, -0.05) is 12.2 Å². The van der Waals surface area contributed by atoms with Crippen LogP contribution in [0.15, 0.2) is 24.3 Å². The molecule has 1 rings (SSSR count). The molecule has 1 aromatic carbocycles. The average Bonchev–Trinajstić information content (AvgIpc) is 2.27. The molecule has 0 saturated carbocycles. The van der Waals surface area contributed by atoms with Gasteiger partial charge in [-0.3, -0.25) is 4.79 Å². The zero-order chi connectivity index (χ0) is 12.0. The minimum absolute atomic E-state index is 0.153. The van der Waals surface area contributed by atoms with Crippen molar-refractivity contribution in [1.82, 2.24) is 0 Å². The molecular weight excluding hydrogens is 224 g/mol. The number of ether oxygens (including phenoxy) is 1. The number of rotatable bonds is 5. The van der Waals surface area contributed by atoms with Crippen molar-refractivity contribution in [2.45, 2.75) is 6.92 Å². The molecule has 0 bridgehead atoms. The van der Waals surface area contributed by atoms with E-state index in [0.29, 0.717) is 11.6 Å². The van der Waals surface area contributed by atoms with E-state index in [2.05, 4.69) is 5.32 Å². The number of nitrogens with one attached hydrogen (secondary N) is 1. The van der Waals surface area contributed by atoms with Gasteiger partial charge in [0, 0.05) is 11.3 Å². The summed E-state index contributed by atoms with van der Waals surface area (Å²) < 4.78 is 4.78. The highest BCUT2D eigenvalue weighted by molar-refractivity contribution is 7.80. The maximum absolute atomic E-state index is 11.1. The van der Waals surface area contributed by atoms with E-state index in [0.717, 1.165) is 11.3 Å². The van der Waals surface area contributed by atoms with Crippen molar-refractivity contribution in [1.29, 1.82) is 0 Å². The van der Waals surface area contributed by atoms with E-state index >= 15 is 0 Å². The second-order valence-corrected chi connectivity index (χ2v) is 3.54. The Morgan fingerprint density at radius 1 is 1.44 bits per heavy atom. The van der Waals surface area contributed by atoms with E-state index in [1.54, 1.807) is 19.1 Å². The highest BCUT2D eigenvalue weighted by Crippen LogP contribution is 2.08. The fraction of sp³-hybridized carbons (Fsp3) is 0.273. The van der Waals surface area contributed by atoms with Crippen LogP contribution in [-0.4, -0.2) is 24.1 Å². The number of anilines is 1. The molecule has 0 heterocycles. The third-order valence-electron chi connectivity index (χ3n) is 1.91. The summed E-state index contributed by atoms with van der Waals surface area (Å²) in [6, 6.07) is 7.23. The van der Waals surface area contributed by atoms with Crippen molar-refractivity contribution >= 4 is 28.9 Å². The first-order valence-corrected chi connectivity index (χ1v) is 5.33. The number of hydrogen-bond acceptors (Lipinski definition) is 4. The third kappa shape index (κ3) is 3.86. The predicted molar refractivity (Wildman–Crippen MR) is 67.5 cm³/mol. The van der Waals surface area contributed by atoms with Crippen LogP contribution in [0.1, 0.15) is 12.5 Å². The quantitative estimate of drug-likeness (QED) is 0.598. The van der Waals surface area contributed by atoms with Gasteiger partial charge in [0.05, 0.1) is 6.61 Å². The third-order valence-corrected chi connectivity index (χ3v) is 2.15. The Bertz CT molecular complexity index is 376. The first kappa shape index (κ1) is 12.4. The van der Waals surface area contributed by atoms with Crippen LogP contribution in [-0.2, 0) is 9.53 Å². The zero-order valence-corrected chi connectivity index (χ0v) is 9.84. The van der Waals surface area contributed by atoms with E-state index in [1.165, 1.54) is 0 Å². The summed E-state index contributed by atoms with van der Waals surface area (Å²) in [5, 5.41) is 2.94. The average molecular weight is 238 g/mol. The van der Waals surface area contributed by atoms with Crippen molar-refractivity contribution in [3.05, 3.63) is 29.8 Å². The van der Waals surface area contributed by atoms with Gasteiger partial charge in [0.25, 0.3) is 0 Å². The summed E-state index contributed by atoms with van der Waals surface area (Å²) in [5.74, 6) is -0.277. The molecule has 0 aliphatic rings. The topological polar surface area (TPSA) is 64.3 Å². The van der Waals surface area contributed by atoms with Crippen LogP contribution >= 0.6 is 12.2 Å². The summed E-state index contributed by atoms with van der Waals surface area (Å²) in [7, 11) is 0. The summed E-state index contributed by atoms with van der Waals surface area (Å²) in [5.41, 5.74) is 7.09. The van der Waals surface area contributed by atoms with E-state index in [4.69, 9.17) is 22.7 Å². The molecule has 16 heavy (non-hydrogen) atoms. The van der Waals surface area contributed by atoms with Crippen molar-refractivity contribution in [2.75, 3.05) is 18.5 Å². The van der Waals surface area contributed by atoms with E-state index in [1.807, 2.05) is 12.1 Å². The SMILES string of the molecule is CCOC(=O)CNc1ccc(C(N)=S)cc1. The lowest BCUT2D eigenvalue weighted by Gasteiger charge is -2.06.